The third-order valence-corrected chi connectivity index (χ3v) is 1.82. The summed E-state index contributed by atoms with van der Waals surface area (Å²) in [4.78, 5) is 14.7. The van der Waals surface area contributed by atoms with Gasteiger partial charge in [-0.15, -0.1) is 0 Å². The number of rotatable bonds is 3. The predicted molar refractivity (Wildman–Crippen MR) is 50.2 cm³/mol. The minimum atomic E-state index is -0.962. The van der Waals surface area contributed by atoms with Crippen LogP contribution in [-0.2, 0) is 9.53 Å². The Hall–Kier alpha value is -1.62. The Labute approximate surface area is 81.5 Å². The highest BCUT2D eigenvalue weighted by atomic mass is 16.5. The number of nitrogen functional groups attached to an aromatic ring is 1. The summed E-state index contributed by atoms with van der Waals surface area (Å²) in [5, 5.41) is 9.58. The van der Waals surface area contributed by atoms with Crippen molar-refractivity contribution in [2.75, 3.05) is 12.8 Å². The van der Waals surface area contributed by atoms with Crippen molar-refractivity contribution >= 4 is 11.8 Å². The molecule has 0 saturated heterocycles. The van der Waals surface area contributed by atoms with Crippen LogP contribution in [0.2, 0.25) is 0 Å². The van der Waals surface area contributed by atoms with Crippen LogP contribution in [0.3, 0.4) is 0 Å². The number of nitrogens with two attached hydrogens (primary N) is 1. The van der Waals surface area contributed by atoms with Crippen molar-refractivity contribution in [2.24, 2.45) is 0 Å². The fraction of sp³-hybridized carbons (Fsp3) is 0.333. The number of pyridine rings is 1. The van der Waals surface area contributed by atoms with Gasteiger partial charge in [-0.1, -0.05) is 6.07 Å². The fourth-order valence-electron chi connectivity index (χ4n) is 1.06. The maximum atomic E-state index is 10.9. The summed E-state index contributed by atoms with van der Waals surface area (Å²) in [5.41, 5.74) is 5.96. The van der Waals surface area contributed by atoms with Crippen molar-refractivity contribution in [1.82, 2.24) is 4.98 Å². The molecule has 1 heterocycles. The van der Waals surface area contributed by atoms with Gasteiger partial charge in [0.05, 0.1) is 19.6 Å². The largest absolute Gasteiger partial charge is 0.469 e. The molecule has 0 radical (unpaired) electrons. The van der Waals surface area contributed by atoms with E-state index in [-0.39, 0.29) is 12.2 Å². The Morgan fingerprint density at radius 1 is 1.79 bits per heavy atom. The molecule has 1 atom stereocenters. The lowest BCUT2D eigenvalue weighted by Gasteiger charge is -2.10. The van der Waals surface area contributed by atoms with Gasteiger partial charge in [-0.2, -0.15) is 0 Å². The SMILES string of the molecule is COC(=O)CC(O)c1cccnc1N. The highest BCUT2D eigenvalue weighted by Crippen LogP contribution is 2.20. The van der Waals surface area contributed by atoms with Crippen LogP contribution in [0.25, 0.3) is 0 Å². The lowest BCUT2D eigenvalue weighted by atomic mass is 10.1. The van der Waals surface area contributed by atoms with E-state index in [1.807, 2.05) is 0 Å². The monoisotopic (exact) mass is 196 g/mol. The molecule has 1 aromatic heterocycles. The number of hydrogen-bond donors (Lipinski definition) is 2. The summed E-state index contributed by atoms with van der Waals surface area (Å²) in [5.74, 6) is -0.260. The maximum Gasteiger partial charge on any atom is 0.308 e. The van der Waals surface area contributed by atoms with Crippen molar-refractivity contribution in [3.63, 3.8) is 0 Å². The summed E-state index contributed by atoms with van der Waals surface area (Å²) in [7, 11) is 1.27. The van der Waals surface area contributed by atoms with Crippen molar-refractivity contribution in [3.05, 3.63) is 23.9 Å². The average molecular weight is 196 g/mol. The molecule has 0 spiro atoms. The lowest BCUT2D eigenvalue weighted by molar-refractivity contribution is -0.142. The molecule has 1 unspecified atom stereocenters. The first-order valence-corrected chi connectivity index (χ1v) is 4.10. The third kappa shape index (κ3) is 2.43. The highest BCUT2D eigenvalue weighted by molar-refractivity contribution is 5.70. The van der Waals surface area contributed by atoms with Gasteiger partial charge >= 0.3 is 5.97 Å². The maximum absolute atomic E-state index is 10.9. The molecule has 3 N–H and O–H groups in total. The first-order valence-electron chi connectivity index (χ1n) is 4.10. The van der Waals surface area contributed by atoms with Crippen molar-refractivity contribution < 1.29 is 14.6 Å². The summed E-state index contributed by atoms with van der Waals surface area (Å²) in [6, 6.07) is 3.27. The zero-order valence-corrected chi connectivity index (χ0v) is 7.80. The van der Waals surface area contributed by atoms with Crippen LogP contribution < -0.4 is 5.73 Å². The molecule has 76 valence electrons. The number of carbonyl (C=O) groups is 1. The lowest BCUT2D eigenvalue weighted by Crippen LogP contribution is -2.10. The molecule has 1 aromatic rings. The molecular weight excluding hydrogens is 184 g/mol. The van der Waals surface area contributed by atoms with E-state index in [0.717, 1.165) is 0 Å². The minimum Gasteiger partial charge on any atom is -0.469 e. The highest BCUT2D eigenvalue weighted by Gasteiger charge is 2.15. The van der Waals surface area contributed by atoms with E-state index in [9.17, 15) is 9.90 Å². The van der Waals surface area contributed by atoms with Gasteiger partial charge in [0.2, 0.25) is 0 Å². The molecule has 0 saturated carbocycles. The van der Waals surface area contributed by atoms with E-state index in [1.54, 1.807) is 12.1 Å². The van der Waals surface area contributed by atoms with Crippen molar-refractivity contribution in [2.45, 2.75) is 12.5 Å². The molecule has 14 heavy (non-hydrogen) atoms. The third-order valence-electron chi connectivity index (χ3n) is 1.82. The van der Waals surface area contributed by atoms with E-state index < -0.39 is 12.1 Å². The second-order valence-electron chi connectivity index (χ2n) is 2.77. The summed E-state index contributed by atoms with van der Waals surface area (Å²) in [6.07, 6.45) is 0.437. The van der Waals surface area contributed by atoms with Gasteiger partial charge < -0.3 is 15.6 Å². The van der Waals surface area contributed by atoms with Crippen molar-refractivity contribution in [1.29, 1.82) is 0 Å². The van der Waals surface area contributed by atoms with E-state index >= 15 is 0 Å². The summed E-state index contributed by atoms with van der Waals surface area (Å²) < 4.78 is 4.42. The molecule has 0 aliphatic heterocycles. The number of anilines is 1. The van der Waals surface area contributed by atoms with E-state index in [4.69, 9.17) is 5.73 Å². The molecule has 1 rings (SSSR count). The number of nitrogens with zero attached hydrogens (tertiary/aromatic N) is 1. The van der Waals surface area contributed by atoms with Crippen LogP contribution in [0.15, 0.2) is 18.3 Å². The Bertz CT molecular complexity index is 328. The molecule has 0 aliphatic rings. The zero-order chi connectivity index (χ0) is 10.6. The second kappa shape index (κ2) is 4.57. The Balaban J connectivity index is 2.74. The molecule has 0 aliphatic carbocycles. The molecule has 5 nitrogen and oxygen atoms in total. The molecule has 0 amide bonds. The van der Waals surface area contributed by atoms with E-state index in [1.165, 1.54) is 13.3 Å². The Morgan fingerprint density at radius 2 is 2.50 bits per heavy atom. The van der Waals surface area contributed by atoms with Crippen LogP contribution in [-0.4, -0.2) is 23.2 Å². The summed E-state index contributed by atoms with van der Waals surface area (Å²) in [6.45, 7) is 0. The molecular formula is C9H12N2O3. The topological polar surface area (TPSA) is 85.4 Å². The number of esters is 1. The minimum absolute atomic E-state index is 0.119. The molecule has 5 heteroatoms. The van der Waals surface area contributed by atoms with Gasteiger partial charge in [0.1, 0.15) is 5.82 Å². The predicted octanol–water partition coefficient (Wildman–Crippen LogP) is 0.260. The van der Waals surface area contributed by atoms with Gasteiger partial charge in [0, 0.05) is 11.8 Å². The van der Waals surface area contributed by atoms with Gasteiger partial charge in [-0.3, -0.25) is 4.79 Å². The van der Waals surface area contributed by atoms with Crippen LogP contribution >= 0.6 is 0 Å². The van der Waals surface area contributed by atoms with Gasteiger partial charge in [-0.05, 0) is 6.07 Å². The second-order valence-corrected chi connectivity index (χ2v) is 2.77. The van der Waals surface area contributed by atoms with Crippen LogP contribution in [0.5, 0.6) is 0 Å². The first-order chi connectivity index (χ1) is 6.65. The van der Waals surface area contributed by atoms with E-state index in [2.05, 4.69) is 9.72 Å². The number of methoxy groups -OCH3 is 1. The standard InChI is InChI=1S/C9H12N2O3/c1-14-8(13)5-7(12)6-3-2-4-11-9(6)10/h2-4,7,12H,5H2,1H3,(H2,10,11). The van der Waals surface area contributed by atoms with Gasteiger partial charge in [0.25, 0.3) is 0 Å². The number of hydrogen-bond acceptors (Lipinski definition) is 5. The Kier molecular flexibility index (Phi) is 3.41. The fourth-order valence-corrected chi connectivity index (χ4v) is 1.06. The zero-order valence-electron chi connectivity index (χ0n) is 7.80. The Morgan fingerprint density at radius 3 is 3.07 bits per heavy atom. The average Bonchev–Trinajstić information content (AvgIpc) is 2.18. The van der Waals surface area contributed by atoms with Gasteiger partial charge in [-0.25, -0.2) is 4.98 Å². The molecule has 0 fully saturated rings. The quantitative estimate of drug-likeness (QED) is 0.677. The first kappa shape index (κ1) is 10.5. The molecule has 0 aromatic carbocycles. The van der Waals surface area contributed by atoms with Crippen LogP contribution in [0.1, 0.15) is 18.1 Å². The van der Waals surface area contributed by atoms with Crippen LogP contribution in [0, 0.1) is 0 Å². The number of ether oxygens (including phenoxy) is 1. The summed E-state index contributed by atoms with van der Waals surface area (Å²) >= 11 is 0. The number of aliphatic hydroxyl groups excluding tert-OH is 1. The number of aromatic nitrogens is 1. The smallest absolute Gasteiger partial charge is 0.308 e. The van der Waals surface area contributed by atoms with Gasteiger partial charge in [0.15, 0.2) is 0 Å². The van der Waals surface area contributed by atoms with Crippen LogP contribution in [0.4, 0.5) is 5.82 Å². The number of aliphatic hydroxyl groups is 1. The van der Waals surface area contributed by atoms with Crippen molar-refractivity contribution in [3.8, 4) is 0 Å². The molecule has 0 bridgehead atoms. The number of carbonyl (C=O) groups excluding carboxylic acids is 1. The van der Waals surface area contributed by atoms with E-state index in [0.29, 0.717) is 5.56 Å². The normalized spacial score (nSPS) is 12.1.